The van der Waals surface area contributed by atoms with Crippen molar-refractivity contribution in [2.24, 2.45) is 0 Å². The van der Waals surface area contributed by atoms with Gasteiger partial charge in [-0.05, 0) is 0 Å². The third-order valence-corrected chi connectivity index (χ3v) is 0. The van der Waals surface area contributed by atoms with Crippen molar-refractivity contribution in [1.29, 1.82) is 0 Å². The fourth-order valence-electron chi connectivity index (χ4n) is 0. The molecule has 0 nitrogen and oxygen atoms in total. The zero-order valence-corrected chi connectivity index (χ0v) is 7.65. The van der Waals surface area contributed by atoms with Crippen LogP contribution in [0.15, 0.2) is 0 Å². The van der Waals surface area contributed by atoms with Crippen LogP contribution in [0.3, 0.4) is 0 Å². The van der Waals surface area contributed by atoms with Gasteiger partial charge in [-0.2, -0.15) is 0 Å². The molecule has 4 heavy (non-hydrogen) atoms. The van der Waals surface area contributed by atoms with Gasteiger partial charge in [0.05, 0.1) is 0 Å². The summed E-state index contributed by atoms with van der Waals surface area (Å²) in [6.07, 6.45) is 0. The van der Waals surface area contributed by atoms with Gasteiger partial charge in [0.25, 0.3) is 0 Å². The molecule has 0 heterocycles. The minimum atomic E-state index is 0. The Kier molecular flexibility index (Phi) is 169. The van der Waals surface area contributed by atoms with E-state index in [1.54, 1.807) is 0 Å². The van der Waals surface area contributed by atoms with Crippen LogP contribution in [0.2, 0.25) is 0 Å². The molecule has 0 aliphatic carbocycles. The number of hydrogen-bond donors (Lipinski definition) is 0. The molecule has 0 fully saturated rings. The molecule has 0 aromatic rings. The molecule has 0 atom stereocenters. The predicted octanol–water partition coefficient (Wildman–Crippen LogP) is -0.767. The second kappa shape index (κ2) is 19.2. The maximum atomic E-state index is 0. The zero-order valence-electron chi connectivity index (χ0n) is 1.93. The average molecular weight is 202 g/mol. The molecule has 19 valence electrons. The van der Waals surface area contributed by atoms with Crippen LogP contribution in [0, 0.1) is 0 Å². The molecule has 0 aliphatic rings. The van der Waals surface area contributed by atoms with E-state index >= 15 is 0 Å². The first kappa shape index (κ1) is 35.3. The van der Waals surface area contributed by atoms with Gasteiger partial charge in [0, 0.05) is 71.6 Å². The van der Waals surface area contributed by atoms with Gasteiger partial charge >= 0.3 is 0 Å². The van der Waals surface area contributed by atoms with Gasteiger partial charge in [-0.1, -0.05) is 0 Å². The van der Waals surface area contributed by atoms with Crippen molar-refractivity contribution in [2.45, 2.75) is 0 Å². The molecular formula is AlFeSiZr. The summed E-state index contributed by atoms with van der Waals surface area (Å²) in [5.74, 6) is 0. The van der Waals surface area contributed by atoms with Crippen LogP contribution < -0.4 is 0 Å². The van der Waals surface area contributed by atoms with Crippen LogP contribution in [0.4, 0.5) is 0 Å². The third kappa shape index (κ3) is 8.91. The summed E-state index contributed by atoms with van der Waals surface area (Å²) in [5.41, 5.74) is 0. The van der Waals surface area contributed by atoms with E-state index in [2.05, 4.69) is 0 Å². The van der Waals surface area contributed by atoms with Gasteiger partial charge in [0.1, 0.15) is 0 Å². The Bertz CT molecular complexity index is 8.00. The first-order chi connectivity index (χ1) is 0. The van der Waals surface area contributed by atoms with Crippen molar-refractivity contribution in [3.05, 3.63) is 0 Å². The smallest absolute Gasteiger partial charge is 0 e. The van der Waals surface area contributed by atoms with E-state index < -0.39 is 0 Å². The summed E-state index contributed by atoms with van der Waals surface area (Å²) in [4.78, 5) is 0. The Morgan fingerprint density at radius 1 is 1.00 bits per heavy atom. The molecule has 0 unspecified atom stereocenters. The summed E-state index contributed by atoms with van der Waals surface area (Å²) < 4.78 is 0. The molecular weight excluding hydrogens is 202 g/mol. The number of rotatable bonds is 0. The van der Waals surface area contributed by atoms with Crippen molar-refractivity contribution < 1.29 is 43.3 Å². The van der Waals surface area contributed by atoms with E-state index in [4.69, 9.17) is 0 Å². The third-order valence-electron chi connectivity index (χ3n) is 0. The molecule has 0 rings (SSSR count). The summed E-state index contributed by atoms with van der Waals surface area (Å²) >= 11 is 0. The number of hydrogen-bond acceptors (Lipinski definition) is 0. The summed E-state index contributed by atoms with van der Waals surface area (Å²) in [6.45, 7) is 0. The van der Waals surface area contributed by atoms with Gasteiger partial charge in [-0.3, -0.25) is 0 Å². The molecule has 0 aromatic carbocycles. The first-order valence-corrected chi connectivity index (χ1v) is 0. The van der Waals surface area contributed by atoms with Crippen LogP contribution in [0.1, 0.15) is 0 Å². The standard InChI is InChI=1S/Al.Fe.Si.Zr. The topological polar surface area (TPSA) is 0 Å². The van der Waals surface area contributed by atoms with Gasteiger partial charge < -0.3 is 0 Å². The van der Waals surface area contributed by atoms with E-state index in [0.29, 0.717) is 0 Å². The maximum Gasteiger partial charge on any atom is 0 e. The molecule has 0 N–H and O–H groups in total. The SMILES string of the molecule is [Al].[Fe].[Si].[Zr]. The Morgan fingerprint density at radius 2 is 1.00 bits per heavy atom. The second-order valence-electron chi connectivity index (χ2n) is 0. The van der Waals surface area contributed by atoms with E-state index in [0.717, 1.165) is 0 Å². The molecule has 0 saturated heterocycles. The van der Waals surface area contributed by atoms with Gasteiger partial charge in [0.15, 0.2) is 0 Å². The van der Waals surface area contributed by atoms with Crippen molar-refractivity contribution in [1.82, 2.24) is 0 Å². The fourth-order valence-corrected chi connectivity index (χ4v) is 0. The second-order valence-corrected chi connectivity index (χ2v) is 0. The predicted molar refractivity (Wildman–Crippen MR) is 11.5 cm³/mol. The van der Waals surface area contributed by atoms with Crippen LogP contribution in [-0.2, 0) is 43.3 Å². The summed E-state index contributed by atoms with van der Waals surface area (Å²) in [7, 11) is 0. The quantitative estimate of drug-likeness (QED) is 0.453. The van der Waals surface area contributed by atoms with E-state index in [-0.39, 0.29) is 71.6 Å². The Hall–Kier alpha value is 2.15. The minimum Gasteiger partial charge on any atom is 0 e. The maximum absolute atomic E-state index is 0. The van der Waals surface area contributed by atoms with E-state index in [1.165, 1.54) is 0 Å². The Morgan fingerprint density at radius 3 is 1.00 bits per heavy atom. The van der Waals surface area contributed by atoms with Gasteiger partial charge in [-0.15, -0.1) is 0 Å². The Labute approximate surface area is 70.9 Å². The normalized spacial score (nSPS) is 0. The monoisotopic (exact) mass is 201 g/mol. The van der Waals surface area contributed by atoms with Crippen molar-refractivity contribution in [3.8, 4) is 0 Å². The fraction of sp³-hybridized carbons (Fsp3) is 0. The molecule has 0 saturated carbocycles. The Balaban J connectivity index is 0. The van der Waals surface area contributed by atoms with Crippen molar-refractivity contribution >= 4 is 28.3 Å². The molecule has 0 aromatic heterocycles. The van der Waals surface area contributed by atoms with Crippen LogP contribution in [-0.4, -0.2) is 28.3 Å². The molecule has 0 spiro atoms. The van der Waals surface area contributed by atoms with Gasteiger partial charge in [-0.25, -0.2) is 0 Å². The first-order valence-electron chi connectivity index (χ1n) is 0. The zero-order chi connectivity index (χ0) is 0. The molecule has 4 heteroatoms. The molecule has 7 radical (unpaired) electrons. The van der Waals surface area contributed by atoms with Crippen LogP contribution >= 0.6 is 0 Å². The summed E-state index contributed by atoms with van der Waals surface area (Å²) in [5, 5.41) is 0. The van der Waals surface area contributed by atoms with Crippen LogP contribution in [0.5, 0.6) is 0 Å². The summed E-state index contributed by atoms with van der Waals surface area (Å²) in [6, 6.07) is 0. The van der Waals surface area contributed by atoms with Gasteiger partial charge in [0.2, 0.25) is 0 Å². The average Bonchev–Trinajstić information content (AvgIpc) is 0. The van der Waals surface area contributed by atoms with E-state index in [1.807, 2.05) is 0 Å². The largest absolute Gasteiger partial charge is 0 e. The van der Waals surface area contributed by atoms with E-state index in [9.17, 15) is 0 Å². The minimum absolute atomic E-state index is 0. The molecule has 0 bridgehead atoms. The molecule has 0 amide bonds. The van der Waals surface area contributed by atoms with Crippen LogP contribution in [0.25, 0.3) is 0 Å². The molecule has 0 aliphatic heterocycles. The van der Waals surface area contributed by atoms with Crippen molar-refractivity contribution in [3.63, 3.8) is 0 Å². The van der Waals surface area contributed by atoms with Crippen molar-refractivity contribution in [2.75, 3.05) is 0 Å².